The molecule has 0 atom stereocenters. The lowest BCUT2D eigenvalue weighted by Gasteiger charge is -2.22. The lowest BCUT2D eigenvalue weighted by molar-refractivity contribution is 0.0764. The monoisotopic (exact) mass is 377 g/mol. The predicted octanol–water partition coefficient (Wildman–Crippen LogP) is 1.94. The molecule has 0 bridgehead atoms. The van der Waals surface area contributed by atoms with E-state index >= 15 is 0 Å². The molecular formula is C18H20FN3O3S. The van der Waals surface area contributed by atoms with Crippen molar-refractivity contribution >= 4 is 21.6 Å². The van der Waals surface area contributed by atoms with Crippen LogP contribution < -0.4 is 5.73 Å². The maximum absolute atomic E-state index is 13.1. The van der Waals surface area contributed by atoms with E-state index in [1.165, 1.54) is 16.4 Å². The number of halogens is 1. The highest BCUT2D eigenvalue weighted by atomic mass is 32.2. The van der Waals surface area contributed by atoms with Crippen molar-refractivity contribution in [1.82, 2.24) is 9.21 Å². The van der Waals surface area contributed by atoms with Crippen molar-refractivity contribution in [2.24, 2.45) is 0 Å². The van der Waals surface area contributed by atoms with Gasteiger partial charge in [0, 0.05) is 37.4 Å². The average molecular weight is 377 g/mol. The van der Waals surface area contributed by atoms with Crippen molar-refractivity contribution in [2.45, 2.75) is 11.3 Å². The van der Waals surface area contributed by atoms with E-state index in [0.29, 0.717) is 30.8 Å². The Bertz CT molecular complexity index is 900. The number of nitrogens with two attached hydrogens (primary N) is 1. The number of rotatable bonds is 3. The maximum Gasteiger partial charge on any atom is 0.253 e. The van der Waals surface area contributed by atoms with Gasteiger partial charge in [0.15, 0.2) is 0 Å². The van der Waals surface area contributed by atoms with Crippen LogP contribution in [0.4, 0.5) is 10.1 Å². The number of anilines is 1. The molecular weight excluding hydrogens is 357 g/mol. The third-order valence-electron chi connectivity index (χ3n) is 4.33. The maximum atomic E-state index is 13.1. The van der Waals surface area contributed by atoms with Crippen LogP contribution in [0, 0.1) is 5.82 Å². The average Bonchev–Trinajstić information content (AvgIpc) is 2.88. The molecule has 2 N–H and O–H groups in total. The Balaban J connectivity index is 1.73. The van der Waals surface area contributed by atoms with Gasteiger partial charge >= 0.3 is 0 Å². The van der Waals surface area contributed by atoms with Crippen molar-refractivity contribution < 1.29 is 17.6 Å². The molecule has 8 heteroatoms. The Kier molecular flexibility index (Phi) is 5.24. The molecule has 1 heterocycles. The van der Waals surface area contributed by atoms with Crippen LogP contribution in [-0.2, 0) is 10.0 Å². The predicted molar refractivity (Wildman–Crippen MR) is 96.5 cm³/mol. The van der Waals surface area contributed by atoms with E-state index < -0.39 is 15.8 Å². The van der Waals surface area contributed by atoms with Crippen LogP contribution in [0.2, 0.25) is 0 Å². The number of hydrogen-bond acceptors (Lipinski definition) is 4. The summed E-state index contributed by atoms with van der Waals surface area (Å²) in [6, 6.07) is 11.5. The molecule has 0 aromatic heterocycles. The summed E-state index contributed by atoms with van der Waals surface area (Å²) < 4.78 is 39.8. The lowest BCUT2D eigenvalue weighted by atomic mass is 10.1. The Labute approximate surface area is 152 Å². The summed E-state index contributed by atoms with van der Waals surface area (Å²) >= 11 is 0. The second-order valence-corrected chi connectivity index (χ2v) is 8.07. The van der Waals surface area contributed by atoms with Gasteiger partial charge in [0.25, 0.3) is 5.91 Å². The molecule has 1 saturated heterocycles. The van der Waals surface area contributed by atoms with Crippen LogP contribution in [-0.4, -0.2) is 49.7 Å². The van der Waals surface area contributed by atoms with E-state index in [9.17, 15) is 17.6 Å². The molecule has 6 nitrogen and oxygen atoms in total. The molecule has 0 spiro atoms. The van der Waals surface area contributed by atoms with Crippen LogP contribution in [0.5, 0.6) is 0 Å². The van der Waals surface area contributed by atoms with Gasteiger partial charge in [0.05, 0.1) is 4.90 Å². The van der Waals surface area contributed by atoms with Crippen molar-refractivity contribution in [3.8, 4) is 0 Å². The standard InChI is InChI=1S/C18H20FN3O3S/c19-15-5-7-17(8-6-15)26(24,25)22-10-2-9-21(11-12-22)18(23)14-3-1-4-16(20)13-14/h1,3-8,13H,2,9-12,20H2. The summed E-state index contributed by atoms with van der Waals surface area (Å²) in [4.78, 5) is 14.3. The summed E-state index contributed by atoms with van der Waals surface area (Å²) in [7, 11) is -3.71. The third-order valence-corrected chi connectivity index (χ3v) is 6.24. The summed E-state index contributed by atoms with van der Waals surface area (Å²) in [6.45, 7) is 1.24. The number of benzene rings is 2. The molecule has 26 heavy (non-hydrogen) atoms. The zero-order valence-electron chi connectivity index (χ0n) is 14.1. The molecule has 3 rings (SSSR count). The highest BCUT2D eigenvalue weighted by Crippen LogP contribution is 2.19. The minimum atomic E-state index is -3.71. The fraction of sp³-hybridized carbons (Fsp3) is 0.278. The van der Waals surface area contributed by atoms with Gasteiger partial charge in [-0.3, -0.25) is 4.79 Å². The Morgan fingerprint density at radius 3 is 2.42 bits per heavy atom. The molecule has 138 valence electrons. The highest BCUT2D eigenvalue weighted by Gasteiger charge is 2.28. The molecule has 0 aliphatic carbocycles. The van der Waals surface area contributed by atoms with Crippen molar-refractivity contribution in [1.29, 1.82) is 0 Å². The Hall–Kier alpha value is -2.45. The van der Waals surface area contributed by atoms with E-state index in [1.807, 2.05) is 0 Å². The molecule has 1 aliphatic heterocycles. The van der Waals surface area contributed by atoms with Crippen LogP contribution in [0.3, 0.4) is 0 Å². The lowest BCUT2D eigenvalue weighted by Crippen LogP contribution is -2.37. The first-order valence-corrected chi connectivity index (χ1v) is 9.72. The van der Waals surface area contributed by atoms with E-state index in [2.05, 4.69) is 0 Å². The van der Waals surface area contributed by atoms with Gasteiger partial charge in [-0.05, 0) is 48.9 Å². The van der Waals surface area contributed by atoms with E-state index in [0.717, 1.165) is 12.1 Å². The SMILES string of the molecule is Nc1cccc(C(=O)N2CCCN(S(=O)(=O)c3ccc(F)cc3)CC2)c1. The number of amides is 1. The fourth-order valence-corrected chi connectivity index (χ4v) is 4.42. The number of hydrogen-bond donors (Lipinski definition) is 1. The Morgan fingerprint density at radius 2 is 1.73 bits per heavy atom. The van der Waals surface area contributed by atoms with Crippen molar-refractivity contribution in [2.75, 3.05) is 31.9 Å². The first-order chi connectivity index (χ1) is 12.4. The van der Waals surface area contributed by atoms with E-state index in [-0.39, 0.29) is 23.9 Å². The second kappa shape index (κ2) is 7.43. The highest BCUT2D eigenvalue weighted by molar-refractivity contribution is 7.89. The topological polar surface area (TPSA) is 83.7 Å². The van der Waals surface area contributed by atoms with Crippen molar-refractivity contribution in [3.05, 3.63) is 59.9 Å². The molecule has 1 amide bonds. The van der Waals surface area contributed by atoms with Crippen molar-refractivity contribution in [3.63, 3.8) is 0 Å². The van der Waals surface area contributed by atoms with Gasteiger partial charge in [-0.2, -0.15) is 4.31 Å². The van der Waals surface area contributed by atoms with Crippen LogP contribution in [0.1, 0.15) is 16.8 Å². The van der Waals surface area contributed by atoms with E-state index in [4.69, 9.17) is 5.73 Å². The molecule has 0 unspecified atom stereocenters. The van der Waals surface area contributed by atoms with Crippen LogP contribution in [0.25, 0.3) is 0 Å². The molecule has 0 radical (unpaired) electrons. The van der Waals surface area contributed by atoms with Crippen LogP contribution in [0.15, 0.2) is 53.4 Å². The quantitative estimate of drug-likeness (QED) is 0.829. The first-order valence-electron chi connectivity index (χ1n) is 8.28. The third kappa shape index (κ3) is 3.86. The van der Waals surface area contributed by atoms with Gasteiger partial charge in [0.1, 0.15) is 5.82 Å². The minimum absolute atomic E-state index is 0.0505. The number of carbonyl (C=O) groups is 1. The second-order valence-electron chi connectivity index (χ2n) is 6.13. The molecule has 2 aromatic carbocycles. The number of sulfonamides is 1. The zero-order chi connectivity index (χ0) is 18.7. The smallest absolute Gasteiger partial charge is 0.253 e. The normalized spacial score (nSPS) is 16.3. The first kappa shape index (κ1) is 18.3. The van der Waals surface area contributed by atoms with Gasteiger partial charge in [-0.15, -0.1) is 0 Å². The van der Waals surface area contributed by atoms with Crippen LogP contribution >= 0.6 is 0 Å². The summed E-state index contributed by atoms with van der Waals surface area (Å²) in [6.07, 6.45) is 0.522. The number of nitrogen functional groups attached to an aromatic ring is 1. The van der Waals surface area contributed by atoms with Gasteiger partial charge in [0.2, 0.25) is 10.0 Å². The van der Waals surface area contributed by atoms with Gasteiger partial charge < -0.3 is 10.6 Å². The summed E-state index contributed by atoms with van der Waals surface area (Å²) in [5.74, 6) is -0.656. The number of carbonyl (C=O) groups excluding carboxylic acids is 1. The van der Waals surface area contributed by atoms with E-state index in [1.54, 1.807) is 29.2 Å². The van der Waals surface area contributed by atoms with Gasteiger partial charge in [-0.25, -0.2) is 12.8 Å². The number of nitrogens with zero attached hydrogens (tertiary/aromatic N) is 2. The molecule has 0 saturated carbocycles. The molecule has 2 aromatic rings. The zero-order valence-corrected chi connectivity index (χ0v) is 15.0. The minimum Gasteiger partial charge on any atom is -0.399 e. The molecule has 1 fully saturated rings. The summed E-state index contributed by atoms with van der Waals surface area (Å²) in [5, 5.41) is 0. The molecule has 1 aliphatic rings. The fourth-order valence-electron chi connectivity index (χ4n) is 2.95. The summed E-state index contributed by atoms with van der Waals surface area (Å²) in [5.41, 5.74) is 6.72. The van der Waals surface area contributed by atoms with Gasteiger partial charge in [-0.1, -0.05) is 6.07 Å². The Morgan fingerprint density at radius 1 is 1.00 bits per heavy atom. The largest absolute Gasteiger partial charge is 0.399 e.